The highest BCUT2D eigenvalue weighted by atomic mass is 16.5. The van der Waals surface area contributed by atoms with E-state index >= 15 is 0 Å². The minimum absolute atomic E-state index is 0.0884. The molecule has 1 atom stereocenters. The molecule has 1 rings (SSSR count). The number of benzene rings is 1. The molecule has 98 valence electrons. The molecule has 0 aliphatic rings. The number of likely N-dealkylation sites (N-methyl/N-ethyl adjacent to an activating group) is 1. The van der Waals surface area contributed by atoms with E-state index in [2.05, 4.69) is 31.2 Å². The van der Waals surface area contributed by atoms with Gasteiger partial charge in [0.25, 0.3) is 0 Å². The van der Waals surface area contributed by atoms with Crippen molar-refractivity contribution in [3.8, 4) is 11.8 Å². The zero-order valence-corrected chi connectivity index (χ0v) is 11.3. The van der Waals surface area contributed by atoms with Crippen LogP contribution in [0.3, 0.4) is 0 Å². The molecular weight excluding hydrogens is 226 g/mol. The lowest BCUT2D eigenvalue weighted by Crippen LogP contribution is -2.35. The maximum absolute atomic E-state index is 8.53. The van der Waals surface area contributed by atoms with Gasteiger partial charge < -0.3 is 15.0 Å². The third kappa shape index (κ3) is 4.74. The molecule has 0 bridgehead atoms. The molecule has 0 heterocycles. The topological polar surface area (TPSA) is 48.3 Å². The molecule has 18 heavy (non-hydrogen) atoms. The van der Waals surface area contributed by atoms with Gasteiger partial charge in [0.2, 0.25) is 0 Å². The van der Waals surface area contributed by atoms with Crippen molar-refractivity contribution < 1.29 is 4.74 Å². The first-order chi connectivity index (χ1) is 8.65. The smallest absolute Gasteiger partial charge is 0.174 e. The number of hydrogen-bond acceptors (Lipinski definition) is 4. The Morgan fingerprint density at radius 2 is 2.11 bits per heavy atom. The van der Waals surface area contributed by atoms with Gasteiger partial charge in [0, 0.05) is 24.7 Å². The van der Waals surface area contributed by atoms with E-state index < -0.39 is 0 Å². The average molecular weight is 247 g/mol. The van der Waals surface area contributed by atoms with E-state index in [0.717, 1.165) is 24.4 Å². The van der Waals surface area contributed by atoms with E-state index in [4.69, 9.17) is 10.00 Å². The molecule has 0 aliphatic heterocycles. The fourth-order valence-electron chi connectivity index (χ4n) is 1.50. The summed E-state index contributed by atoms with van der Waals surface area (Å²) in [5.41, 5.74) is 1.08. The van der Waals surface area contributed by atoms with Crippen LogP contribution >= 0.6 is 0 Å². The quantitative estimate of drug-likeness (QED) is 0.795. The van der Waals surface area contributed by atoms with Crippen molar-refractivity contribution in [3.05, 3.63) is 29.8 Å². The predicted molar refractivity (Wildman–Crippen MR) is 72.4 cm³/mol. The first kappa shape index (κ1) is 14.5. The first-order valence-electron chi connectivity index (χ1n) is 6.10. The summed E-state index contributed by atoms with van der Waals surface area (Å²) < 4.78 is 5.38. The number of nitriles is 1. The monoisotopic (exact) mass is 247 g/mol. The van der Waals surface area contributed by atoms with Crippen molar-refractivity contribution in [2.75, 3.05) is 27.2 Å². The second-order valence-electron chi connectivity index (χ2n) is 4.50. The molecule has 4 nitrogen and oxygen atoms in total. The summed E-state index contributed by atoms with van der Waals surface area (Å²) in [4.78, 5) is 2.17. The summed E-state index contributed by atoms with van der Waals surface area (Å²) in [6.07, 6.45) is 0. The fraction of sp³-hybridized carbons (Fsp3) is 0.500. The van der Waals surface area contributed by atoms with Crippen LogP contribution in [0.5, 0.6) is 5.75 Å². The molecule has 0 spiro atoms. The highest BCUT2D eigenvalue weighted by molar-refractivity contribution is 5.33. The van der Waals surface area contributed by atoms with Crippen LogP contribution in [0.2, 0.25) is 0 Å². The van der Waals surface area contributed by atoms with Crippen LogP contribution in [0.1, 0.15) is 12.5 Å². The van der Waals surface area contributed by atoms with Gasteiger partial charge in [-0.1, -0.05) is 18.2 Å². The van der Waals surface area contributed by atoms with Crippen molar-refractivity contribution in [2.24, 2.45) is 0 Å². The molecule has 1 aromatic rings. The van der Waals surface area contributed by atoms with Gasteiger partial charge in [-0.2, -0.15) is 5.26 Å². The third-order valence-electron chi connectivity index (χ3n) is 2.90. The molecule has 1 aromatic carbocycles. The molecule has 0 aliphatic carbocycles. The molecule has 0 aromatic heterocycles. The Morgan fingerprint density at radius 1 is 1.39 bits per heavy atom. The molecule has 1 N–H and O–H groups in total. The van der Waals surface area contributed by atoms with E-state index in [1.54, 1.807) is 0 Å². The van der Waals surface area contributed by atoms with Crippen molar-refractivity contribution in [3.63, 3.8) is 0 Å². The first-order valence-corrected chi connectivity index (χ1v) is 6.10. The van der Waals surface area contributed by atoms with Crippen LogP contribution in [0.4, 0.5) is 0 Å². The van der Waals surface area contributed by atoms with E-state index in [1.807, 2.05) is 30.3 Å². The average Bonchev–Trinajstić information content (AvgIpc) is 2.37. The number of nitrogens with zero attached hydrogens (tertiary/aromatic N) is 2. The van der Waals surface area contributed by atoms with E-state index in [0.29, 0.717) is 6.04 Å². The van der Waals surface area contributed by atoms with E-state index in [9.17, 15) is 0 Å². The summed E-state index contributed by atoms with van der Waals surface area (Å²) in [7, 11) is 4.13. The molecule has 0 saturated carbocycles. The maximum atomic E-state index is 8.53. The van der Waals surface area contributed by atoms with Crippen molar-refractivity contribution >= 4 is 0 Å². The van der Waals surface area contributed by atoms with Gasteiger partial charge in [-0.3, -0.25) is 0 Å². The summed E-state index contributed by atoms with van der Waals surface area (Å²) in [6.45, 7) is 3.93. The summed E-state index contributed by atoms with van der Waals surface area (Å²) in [5, 5.41) is 11.9. The van der Waals surface area contributed by atoms with Crippen molar-refractivity contribution in [1.82, 2.24) is 10.2 Å². The van der Waals surface area contributed by atoms with Crippen LogP contribution in [0.15, 0.2) is 24.3 Å². The Labute approximate surface area is 109 Å². The minimum Gasteiger partial charge on any atom is -0.478 e. The fourth-order valence-corrected chi connectivity index (χ4v) is 1.50. The molecule has 0 radical (unpaired) electrons. The molecule has 1 unspecified atom stereocenters. The van der Waals surface area contributed by atoms with Crippen LogP contribution in [-0.4, -0.2) is 38.2 Å². The van der Waals surface area contributed by atoms with Crippen LogP contribution in [0.25, 0.3) is 0 Å². The van der Waals surface area contributed by atoms with Gasteiger partial charge in [-0.15, -0.1) is 0 Å². The summed E-state index contributed by atoms with van der Waals surface area (Å²) in [5.74, 6) is 0.782. The van der Waals surface area contributed by atoms with Gasteiger partial charge in [0.15, 0.2) is 6.61 Å². The highest BCUT2D eigenvalue weighted by Gasteiger charge is 2.05. The minimum atomic E-state index is 0.0884. The van der Waals surface area contributed by atoms with Gasteiger partial charge in [0.05, 0.1) is 0 Å². The molecule has 0 fully saturated rings. The van der Waals surface area contributed by atoms with E-state index in [-0.39, 0.29) is 6.61 Å². The molecular formula is C14H21N3O. The molecule has 0 saturated heterocycles. The number of ether oxygens (including phenoxy) is 1. The highest BCUT2D eigenvalue weighted by Crippen LogP contribution is 2.17. The lowest BCUT2D eigenvalue weighted by Gasteiger charge is -2.20. The Kier molecular flexibility index (Phi) is 6.20. The predicted octanol–water partition coefficient (Wildman–Crippen LogP) is 1.63. The van der Waals surface area contributed by atoms with Crippen LogP contribution in [0, 0.1) is 11.3 Å². The lowest BCUT2D eigenvalue weighted by atomic mass is 10.2. The Balaban J connectivity index is 2.49. The number of para-hydroxylation sites is 1. The largest absolute Gasteiger partial charge is 0.478 e. The summed E-state index contributed by atoms with van der Waals surface area (Å²) in [6, 6.07) is 10.3. The molecule has 0 amide bonds. The number of nitrogens with one attached hydrogen (secondary N) is 1. The van der Waals surface area contributed by atoms with Crippen LogP contribution in [-0.2, 0) is 6.54 Å². The van der Waals surface area contributed by atoms with Gasteiger partial charge in [-0.05, 0) is 27.1 Å². The second-order valence-corrected chi connectivity index (χ2v) is 4.50. The third-order valence-corrected chi connectivity index (χ3v) is 2.90. The van der Waals surface area contributed by atoms with Gasteiger partial charge in [0.1, 0.15) is 11.8 Å². The second kappa shape index (κ2) is 7.70. The van der Waals surface area contributed by atoms with E-state index in [1.165, 1.54) is 0 Å². The zero-order valence-electron chi connectivity index (χ0n) is 11.3. The normalized spacial score (nSPS) is 12.2. The van der Waals surface area contributed by atoms with Gasteiger partial charge in [-0.25, -0.2) is 0 Å². The maximum Gasteiger partial charge on any atom is 0.174 e. The Hall–Kier alpha value is -1.57. The standard InChI is InChI=1S/C14H21N3O/c1-12(17(2)3)10-16-11-13-6-4-5-7-14(13)18-9-8-15/h4-7,12,16H,9-11H2,1-3H3. The van der Waals surface area contributed by atoms with Crippen LogP contribution < -0.4 is 10.1 Å². The summed E-state index contributed by atoms with van der Waals surface area (Å²) >= 11 is 0. The van der Waals surface area contributed by atoms with Crippen molar-refractivity contribution in [2.45, 2.75) is 19.5 Å². The van der Waals surface area contributed by atoms with Crippen molar-refractivity contribution in [1.29, 1.82) is 5.26 Å². The Morgan fingerprint density at radius 3 is 2.78 bits per heavy atom. The Bertz CT molecular complexity index is 398. The zero-order chi connectivity index (χ0) is 13.4. The number of rotatable bonds is 7. The SMILES string of the molecule is CC(CNCc1ccccc1OCC#N)N(C)C. The molecule has 4 heteroatoms. The lowest BCUT2D eigenvalue weighted by molar-refractivity contribution is 0.301. The number of hydrogen-bond donors (Lipinski definition) is 1. The van der Waals surface area contributed by atoms with Gasteiger partial charge >= 0.3 is 0 Å².